The predicted octanol–water partition coefficient (Wildman–Crippen LogP) is 4.47. The van der Waals surface area contributed by atoms with Crippen molar-refractivity contribution in [3.8, 4) is 17.0 Å². The van der Waals surface area contributed by atoms with Gasteiger partial charge in [-0.25, -0.2) is 0 Å². The number of rotatable bonds is 7. The molecule has 0 spiro atoms. The van der Waals surface area contributed by atoms with Crippen molar-refractivity contribution >= 4 is 17.5 Å². The number of carbonyl (C=O) groups excluding carboxylic acids is 1. The van der Waals surface area contributed by atoms with E-state index in [0.29, 0.717) is 22.8 Å². The van der Waals surface area contributed by atoms with Gasteiger partial charge >= 0.3 is 0 Å². The van der Waals surface area contributed by atoms with Crippen LogP contribution in [0.5, 0.6) is 5.75 Å². The smallest absolute Gasteiger partial charge is 0.255 e. The number of aromatic nitrogens is 4. The number of H-pyrrole nitrogens is 1. The van der Waals surface area contributed by atoms with E-state index in [1.807, 2.05) is 54.2 Å². The van der Waals surface area contributed by atoms with Crippen molar-refractivity contribution < 1.29 is 9.53 Å². The molecule has 0 aliphatic carbocycles. The molecule has 0 unspecified atom stereocenters. The Hall–Kier alpha value is -3.58. The number of ether oxygens (including phenoxy) is 1. The van der Waals surface area contributed by atoms with Crippen LogP contribution in [0.2, 0.25) is 5.02 Å². The van der Waals surface area contributed by atoms with E-state index >= 15 is 0 Å². The monoisotopic (exact) mass is 435 g/mol. The van der Waals surface area contributed by atoms with Gasteiger partial charge in [0.15, 0.2) is 0 Å². The fourth-order valence-corrected chi connectivity index (χ4v) is 3.54. The van der Waals surface area contributed by atoms with E-state index in [1.165, 1.54) is 6.20 Å². The van der Waals surface area contributed by atoms with Crippen LogP contribution in [0, 0.1) is 0 Å². The van der Waals surface area contributed by atoms with E-state index in [4.69, 9.17) is 16.3 Å². The summed E-state index contributed by atoms with van der Waals surface area (Å²) in [6.45, 7) is 2.52. The molecule has 8 heteroatoms. The van der Waals surface area contributed by atoms with Gasteiger partial charge in [0, 0.05) is 28.5 Å². The fraction of sp³-hybridized carbons (Fsp3) is 0.174. The minimum atomic E-state index is -0.220. The average Bonchev–Trinajstić information content (AvgIpc) is 3.46. The van der Waals surface area contributed by atoms with E-state index in [2.05, 4.69) is 20.6 Å². The van der Waals surface area contributed by atoms with Crippen LogP contribution in [0.4, 0.5) is 0 Å². The molecule has 31 heavy (non-hydrogen) atoms. The third kappa shape index (κ3) is 4.62. The van der Waals surface area contributed by atoms with E-state index < -0.39 is 0 Å². The topological polar surface area (TPSA) is 84.8 Å². The number of nitrogens with one attached hydrogen (secondary N) is 2. The zero-order valence-corrected chi connectivity index (χ0v) is 17.9. The summed E-state index contributed by atoms with van der Waals surface area (Å²) >= 11 is 5.97. The van der Waals surface area contributed by atoms with Gasteiger partial charge in [0.2, 0.25) is 0 Å². The first-order chi connectivity index (χ1) is 15.0. The highest BCUT2D eigenvalue weighted by molar-refractivity contribution is 6.30. The molecule has 0 fully saturated rings. The molecule has 7 nitrogen and oxygen atoms in total. The summed E-state index contributed by atoms with van der Waals surface area (Å²) in [6.07, 6.45) is 5.17. The summed E-state index contributed by atoms with van der Waals surface area (Å²) in [7, 11) is 1.64. The standard InChI is InChI=1S/C23H22ClN5O2/c1-15(17-6-9-21(31-2)18(12-17)14-29-11-3-10-26-29)27-23(30)20-13-25-28-22(20)16-4-7-19(24)8-5-16/h3-13,15H,14H2,1-2H3,(H,25,28)(H,27,30)/t15-/m0/s1. The minimum absolute atomic E-state index is 0.212. The van der Waals surface area contributed by atoms with Crippen LogP contribution in [0.15, 0.2) is 67.1 Å². The summed E-state index contributed by atoms with van der Waals surface area (Å²) in [5, 5.41) is 14.9. The Morgan fingerprint density at radius 1 is 1.26 bits per heavy atom. The Kier molecular flexibility index (Phi) is 6.04. The van der Waals surface area contributed by atoms with Crippen molar-refractivity contribution in [2.24, 2.45) is 0 Å². The van der Waals surface area contributed by atoms with Crippen molar-refractivity contribution in [3.63, 3.8) is 0 Å². The van der Waals surface area contributed by atoms with E-state index in [-0.39, 0.29) is 11.9 Å². The maximum atomic E-state index is 13.0. The maximum absolute atomic E-state index is 13.0. The number of nitrogens with zero attached hydrogens (tertiary/aromatic N) is 3. The van der Waals surface area contributed by atoms with Crippen molar-refractivity contribution in [3.05, 3.63) is 88.8 Å². The SMILES string of the molecule is COc1ccc([C@H](C)NC(=O)c2cn[nH]c2-c2ccc(Cl)cc2)cc1Cn1cccn1. The Morgan fingerprint density at radius 2 is 2.06 bits per heavy atom. The van der Waals surface area contributed by atoms with Gasteiger partial charge in [0.25, 0.3) is 5.91 Å². The quantitative estimate of drug-likeness (QED) is 0.448. The Labute approximate surface area is 185 Å². The molecule has 1 amide bonds. The van der Waals surface area contributed by atoms with Gasteiger partial charge in [-0.05, 0) is 42.8 Å². The number of hydrogen-bond donors (Lipinski definition) is 2. The molecule has 4 rings (SSSR count). The average molecular weight is 436 g/mol. The number of halogens is 1. The van der Waals surface area contributed by atoms with Crippen LogP contribution < -0.4 is 10.1 Å². The molecule has 2 aromatic heterocycles. The molecule has 0 saturated carbocycles. The van der Waals surface area contributed by atoms with Crippen molar-refractivity contribution in [2.45, 2.75) is 19.5 Å². The van der Waals surface area contributed by atoms with Crippen LogP contribution in [0.3, 0.4) is 0 Å². The van der Waals surface area contributed by atoms with Crippen LogP contribution in [-0.2, 0) is 6.54 Å². The third-order valence-electron chi connectivity index (χ3n) is 5.06. The Bertz CT molecular complexity index is 1170. The first-order valence-corrected chi connectivity index (χ1v) is 10.2. The normalized spacial score (nSPS) is 11.8. The van der Waals surface area contributed by atoms with Crippen LogP contribution in [0.25, 0.3) is 11.3 Å². The van der Waals surface area contributed by atoms with Crippen molar-refractivity contribution in [2.75, 3.05) is 7.11 Å². The highest BCUT2D eigenvalue weighted by Crippen LogP contribution is 2.26. The molecular weight excluding hydrogens is 414 g/mol. The second kappa shape index (κ2) is 9.06. The van der Waals surface area contributed by atoms with Crippen molar-refractivity contribution in [1.82, 2.24) is 25.3 Å². The fourth-order valence-electron chi connectivity index (χ4n) is 3.41. The Balaban J connectivity index is 1.53. The van der Waals surface area contributed by atoms with Gasteiger partial charge < -0.3 is 10.1 Å². The lowest BCUT2D eigenvalue weighted by Gasteiger charge is -2.17. The summed E-state index contributed by atoms with van der Waals surface area (Å²) in [5.41, 5.74) is 3.91. The Morgan fingerprint density at radius 3 is 2.77 bits per heavy atom. The molecule has 0 saturated heterocycles. The highest BCUT2D eigenvalue weighted by Gasteiger charge is 2.19. The number of hydrogen-bond acceptors (Lipinski definition) is 4. The van der Waals surface area contributed by atoms with Crippen LogP contribution in [0.1, 0.15) is 34.5 Å². The van der Waals surface area contributed by atoms with Gasteiger partial charge in [-0.2, -0.15) is 10.2 Å². The molecule has 4 aromatic rings. The lowest BCUT2D eigenvalue weighted by molar-refractivity contribution is 0.0940. The molecule has 2 N–H and O–H groups in total. The second-order valence-electron chi connectivity index (χ2n) is 7.14. The predicted molar refractivity (Wildman–Crippen MR) is 119 cm³/mol. The van der Waals surface area contributed by atoms with Crippen molar-refractivity contribution in [1.29, 1.82) is 0 Å². The first kappa shape index (κ1) is 20.7. The number of carbonyl (C=O) groups is 1. The molecule has 2 heterocycles. The van der Waals surface area contributed by atoms with Gasteiger partial charge in [0.1, 0.15) is 5.75 Å². The van der Waals surface area contributed by atoms with Gasteiger partial charge in [-0.1, -0.05) is 29.8 Å². The molecular formula is C23H22ClN5O2. The molecule has 0 radical (unpaired) electrons. The highest BCUT2D eigenvalue weighted by atomic mass is 35.5. The zero-order valence-electron chi connectivity index (χ0n) is 17.2. The summed E-state index contributed by atoms with van der Waals surface area (Å²) in [6, 6.07) is 14.8. The molecule has 0 aliphatic rings. The lowest BCUT2D eigenvalue weighted by atomic mass is 10.0. The van der Waals surface area contributed by atoms with E-state index in [9.17, 15) is 4.79 Å². The summed E-state index contributed by atoms with van der Waals surface area (Å²) < 4.78 is 7.32. The lowest BCUT2D eigenvalue weighted by Crippen LogP contribution is -2.27. The molecule has 0 bridgehead atoms. The van der Waals surface area contributed by atoms with Gasteiger partial charge in [0.05, 0.1) is 37.2 Å². The van der Waals surface area contributed by atoms with Gasteiger partial charge in [-0.15, -0.1) is 0 Å². The summed E-state index contributed by atoms with van der Waals surface area (Å²) in [5.74, 6) is 0.563. The molecule has 1 atom stereocenters. The largest absolute Gasteiger partial charge is 0.496 e. The number of methoxy groups -OCH3 is 1. The van der Waals surface area contributed by atoms with E-state index in [1.54, 1.807) is 25.4 Å². The molecule has 158 valence electrons. The molecule has 0 aliphatic heterocycles. The zero-order chi connectivity index (χ0) is 21.8. The second-order valence-corrected chi connectivity index (χ2v) is 7.57. The number of aromatic amines is 1. The molecule has 2 aromatic carbocycles. The van der Waals surface area contributed by atoms with E-state index in [0.717, 1.165) is 22.4 Å². The maximum Gasteiger partial charge on any atom is 0.255 e. The summed E-state index contributed by atoms with van der Waals surface area (Å²) in [4.78, 5) is 13.0. The number of benzene rings is 2. The minimum Gasteiger partial charge on any atom is -0.496 e. The van der Waals surface area contributed by atoms with Crippen LogP contribution in [-0.4, -0.2) is 33.0 Å². The number of amides is 1. The van der Waals surface area contributed by atoms with Crippen LogP contribution >= 0.6 is 11.6 Å². The first-order valence-electron chi connectivity index (χ1n) is 9.79. The van der Waals surface area contributed by atoms with Gasteiger partial charge in [-0.3, -0.25) is 14.6 Å². The third-order valence-corrected chi connectivity index (χ3v) is 5.31.